The molecular weight excluding hydrogens is 494 g/mol. The Labute approximate surface area is 234 Å². The van der Waals surface area contributed by atoms with Gasteiger partial charge in [-0.15, -0.1) is 5.10 Å². The number of para-hydroxylation sites is 5. The summed E-state index contributed by atoms with van der Waals surface area (Å²) in [6.07, 6.45) is 0. The summed E-state index contributed by atoms with van der Waals surface area (Å²) in [4.78, 5) is 9.91. The number of aromatic hydroxyl groups is 1. The van der Waals surface area contributed by atoms with Crippen molar-refractivity contribution in [3.63, 3.8) is 0 Å². The van der Waals surface area contributed by atoms with Crippen molar-refractivity contribution < 1.29 is 5.11 Å². The zero-order valence-electron chi connectivity index (χ0n) is 23.5. The highest BCUT2D eigenvalue weighted by atomic mass is 16.3. The fourth-order valence-corrected chi connectivity index (χ4v) is 5.40. The van der Waals surface area contributed by atoms with E-state index in [-0.39, 0.29) is 5.75 Å². The van der Waals surface area contributed by atoms with Crippen molar-refractivity contribution in [3.05, 3.63) is 108 Å². The van der Waals surface area contributed by atoms with E-state index in [9.17, 15) is 5.11 Å². The van der Waals surface area contributed by atoms with Crippen molar-refractivity contribution in [2.24, 2.45) is 0 Å². The molecular formula is C34H33N5O. The Morgan fingerprint density at radius 3 is 2.08 bits per heavy atom. The van der Waals surface area contributed by atoms with Gasteiger partial charge < -0.3 is 5.11 Å². The van der Waals surface area contributed by atoms with Crippen molar-refractivity contribution in [2.45, 2.75) is 46.5 Å². The Morgan fingerprint density at radius 2 is 1.35 bits per heavy atom. The first kappa shape index (κ1) is 25.6. The van der Waals surface area contributed by atoms with Crippen molar-refractivity contribution in [1.82, 2.24) is 24.3 Å². The first-order chi connectivity index (χ1) is 19.3. The van der Waals surface area contributed by atoms with Gasteiger partial charge in [-0.3, -0.25) is 4.57 Å². The van der Waals surface area contributed by atoms with Crippen LogP contribution in [-0.2, 0) is 0 Å². The summed E-state index contributed by atoms with van der Waals surface area (Å²) >= 11 is 0. The third-order valence-corrected chi connectivity index (χ3v) is 7.38. The minimum atomic E-state index is 0.161. The number of benzene rings is 4. The molecule has 0 atom stereocenters. The lowest BCUT2D eigenvalue weighted by Gasteiger charge is -2.22. The topological polar surface area (TPSA) is 68.8 Å². The van der Waals surface area contributed by atoms with Crippen LogP contribution in [0.25, 0.3) is 45.2 Å². The number of hydrogen-bond acceptors (Lipinski definition) is 4. The molecule has 6 nitrogen and oxygen atoms in total. The lowest BCUT2D eigenvalue weighted by molar-refractivity contribution is 0.470. The zero-order valence-corrected chi connectivity index (χ0v) is 23.5. The van der Waals surface area contributed by atoms with E-state index < -0.39 is 0 Å². The van der Waals surface area contributed by atoms with Crippen LogP contribution in [0.3, 0.4) is 0 Å². The van der Waals surface area contributed by atoms with Gasteiger partial charge in [0.15, 0.2) is 5.82 Å². The molecule has 40 heavy (non-hydrogen) atoms. The highest BCUT2D eigenvalue weighted by Crippen LogP contribution is 2.37. The SMILES string of the molecule is Cc1nc(-c2cccc(-c3nc4ccccc4n3-c3c(C(C)C)cccc3C(C)C)c2)nn1-c1ccccc1O. The van der Waals surface area contributed by atoms with Crippen LogP contribution >= 0.6 is 0 Å². The molecule has 0 fully saturated rings. The molecule has 6 rings (SSSR count). The highest BCUT2D eigenvalue weighted by molar-refractivity contribution is 5.85. The summed E-state index contributed by atoms with van der Waals surface area (Å²) < 4.78 is 4.01. The molecule has 0 aliphatic carbocycles. The van der Waals surface area contributed by atoms with Gasteiger partial charge in [-0.1, -0.05) is 88.4 Å². The van der Waals surface area contributed by atoms with Gasteiger partial charge in [0.1, 0.15) is 23.1 Å². The number of fused-ring (bicyclic) bond motifs is 1. The van der Waals surface area contributed by atoms with Crippen LogP contribution in [0.15, 0.2) is 91.0 Å². The largest absolute Gasteiger partial charge is 0.506 e. The van der Waals surface area contributed by atoms with E-state index in [1.165, 1.54) is 16.8 Å². The molecule has 200 valence electrons. The van der Waals surface area contributed by atoms with Crippen LogP contribution in [0.5, 0.6) is 5.75 Å². The molecule has 0 saturated carbocycles. The summed E-state index contributed by atoms with van der Waals surface area (Å²) in [5.74, 6) is 3.03. The van der Waals surface area contributed by atoms with E-state index in [0.717, 1.165) is 28.0 Å². The third-order valence-electron chi connectivity index (χ3n) is 7.38. The number of hydrogen-bond donors (Lipinski definition) is 1. The molecule has 0 saturated heterocycles. The quantitative estimate of drug-likeness (QED) is 0.237. The van der Waals surface area contributed by atoms with Gasteiger partial charge in [-0.2, -0.15) is 0 Å². The van der Waals surface area contributed by atoms with Gasteiger partial charge in [0.2, 0.25) is 0 Å². The fourth-order valence-electron chi connectivity index (χ4n) is 5.40. The van der Waals surface area contributed by atoms with E-state index >= 15 is 0 Å². The van der Waals surface area contributed by atoms with E-state index in [0.29, 0.717) is 29.2 Å². The molecule has 0 unspecified atom stereocenters. The molecule has 0 bridgehead atoms. The minimum Gasteiger partial charge on any atom is -0.506 e. The van der Waals surface area contributed by atoms with Gasteiger partial charge in [0.05, 0.1) is 16.7 Å². The van der Waals surface area contributed by atoms with Gasteiger partial charge in [-0.05, 0) is 60.2 Å². The second-order valence-electron chi connectivity index (χ2n) is 10.8. The van der Waals surface area contributed by atoms with Crippen molar-refractivity contribution in [3.8, 4) is 39.9 Å². The number of aryl methyl sites for hydroxylation is 1. The minimum absolute atomic E-state index is 0.161. The van der Waals surface area contributed by atoms with Gasteiger partial charge in [-0.25, -0.2) is 14.6 Å². The molecule has 0 amide bonds. The molecule has 0 aliphatic rings. The predicted octanol–water partition coefficient (Wildman–Crippen LogP) is 8.20. The van der Waals surface area contributed by atoms with E-state index in [4.69, 9.17) is 15.1 Å². The summed E-state index contributed by atoms with van der Waals surface area (Å²) in [5, 5.41) is 15.2. The molecule has 2 heterocycles. The normalized spacial score (nSPS) is 11.7. The van der Waals surface area contributed by atoms with E-state index in [2.05, 4.69) is 80.8 Å². The second kappa shape index (κ2) is 10.1. The van der Waals surface area contributed by atoms with Crippen LogP contribution < -0.4 is 0 Å². The Bertz CT molecular complexity index is 1820. The third kappa shape index (κ3) is 4.35. The fraction of sp³-hybridized carbons (Fsp3) is 0.206. The summed E-state index contributed by atoms with van der Waals surface area (Å²) in [6.45, 7) is 10.9. The van der Waals surface area contributed by atoms with Crippen LogP contribution in [0.1, 0.15) is 56.5 Å². The maximum Gasteiger partial charge on any atom is 0.181 e. The first-order valence-electron chi connectivity index (χ1n) is 13.8. The smallest absolute Gasteiger partial charge is 0.181 e. The van der Waals surface area contributed by atoms with Crippen molar-refractivity contribution in [2.75, 3.05) is 0 Å². The summed E-state index contributed by atoms with van der Waals surface area (Å²) in [7, 11) is 0. The Kier molecular flexibility index (Phi) is 6.46. The Morgan fingerprint density at radius 1 is 0.700 bits per heavy atom. The molecule has 0 spiro atoms. The molecule has 0 radical (unpaired) electrons. The Balaban J connectivity index is 1.56. The van der Waals surface area contributed by atoms with E-state index in [1.54, 1.807) is 16.8 Å². The average Bonchev–Trinajstić information content (AvgIpc) is 3.53. The number of imidazole rings is 1. The summed E-state index contributed by atoms with van der Waals surface area (Å²) in [5.41, 5.74) is 8.30. The molecule has 2 aromatic heterocycles. The van der Waals surface area contributed by atoms with Crippen LogP contribution in [0.2, 0.25) is 0 Å². The summed E-state index contributed by atoms with van der Waals surface area (Å²) in [6, 6.07) is 30.4. The van der Waals surface area contributed by atoms with Crippen LogP contribution in [-0.4, -0.2) is 29.4 Å². The number of rotatable bonds is 6. The number of aromatic nitrogens is 5. The first-order valence-corrected chi connectivity index (χ1v) is 13.8. The molecule has 4 aromatic carbocycles. The van der Waals surface area contributed by atoms with Gasteiger partial charge in [0.25, 0.3) is 0 Å². The zero-order chi connectivity index (χ0) is 28.0. The maximum absolute atomic E-state index is 10.4. The lowest BCUT2D eigenvalue weighted by atomic mass is 9.92. The standard InChI is InChI=1S/C34H33N5O/c1-21(2)26-14-11-15-27(22(3)4)32(26)38-29-17-7-6-16-28(29)36-34(38)25-13-10-12-24(20-25)33-35-23(5)39(37-33)30-18-8-9-19-31(30)40/h6-22,40H,1-5H3. The number of phenolic OH excluding ortho intramolecular Hbond substituents is 1. The second-order valence-corrected chi connectivity index (χ2v) is 10.8. The Hall–Kier alpha value is -4.71. The van der Waals surface area contributed by atoms with Crippen LogP contribution in [0.4, 0.5) is 0 Å². The molecule has 0 aliphatic heterocycles. The molecule has 6 heteroatoms. The highest BCUT2D eigenvalue weighted by Gasteiger charge is 2.22. The van der Waals surface area contributed by atoms with E-state index in [1.807, 2.05) is 37.3 Å². The monoisotopic (exact) mass is 527 g/mol. The lowest BCUT2D eigenvalue weighted by Crippen LogP contribution is -2.08. The van der Waals surface area contributed by atoms with Crippen LogP contribution in [0, 0.1) is 6.92 Å². The van der Waals surface area contributed by atoms with Gasteiger partial charge in [0, 0.05) is 11.1 Å². The number of nitrogens with zero attached hydrogens (tertiary/aromatic N) is 5. The predicted molar refractivity (Wildman–Crippen MR) is 161 cm³/mol. The molecule has 1 N–H and O–H groups in total. The van der Waals surface area contributed by atoms with Crippen molar-refractivity contribution in [1.29, 1.82) is 0 Å². The molecule has 6 aromatic rings. The average molecular weight is 528 g/mol. The van der Waals surface area contributed by atoms with Gasteiger partial charge >= 0.3 is 0 Å². The van der Waals surface area contributed by atoms with Crippen molar-refractivity contribution >= 4 is 11.0 Å². The maximum atomic E-state index is 10.4. The number of phenols is 1.